The van der Waals surface area contributed by atoms with Crippen LogP contribution in [-0.2, 0) is 4.79 Å². The average molecular weight is 449 g/mol. The maximum Gasteiger partial charge on any atom is 0.269 e. The first-order chi connectivity index (χ1) is 13.4. The molecule has 0 fully saturated rings. The first-order valence-corrected chi connectivity index (χ1v) is 10.9. The quantitative estimate of drug-likeness (QED) is 0.422. The average Bonchev–Trinajstić information content (AvgIpc) is 3.31. The number of thiophene rings is 1. The Hall–Kier alpha value is -2.33. The molecule has 0 saturated heterocycles. The van der Waals surface area contributed by atoms with E-state index in [1.54, 1.807) is 6.07 Å². The van der Waals surface area contributed by atoms with Gasteiger partial charge in [-0.3, -0.25) is 14.9 Å². The van der Waals surface area contributed by atoms with Crippen molar-refractivity contribution in [1.82, 2.24) is 9.97 Å². The normalized spacial score (nSPS) is 11.0. The van der Waals surface area contributed by atoms with Gasteiger partial charge < -0.3 is 5.32 Å². The maximum atomic E-state index is 12.7. The van der Waals surface area contributed by atoms with E-state index in [1.807, 2.05) is 31.2 Å². The van der Waals surface area contributed by atoms with Crippen LogP contribution in [0.25, 0.3) is 20.1 Å². The summed E-state index contributed by atoms with van der Waals surface area (Å²) in [6, 6.07) is 9.13. The second kappa shape index (κ2) is 7.59. The lowest BCUT2D eigenvalue weighted by molar-refractivity contribution is -0.114. The maximum absolute atomic E-state index is 12.7. The smallest absolute Gasteiger partial charge is 0.269 e. The van der Waals surface area contributed by atoms with E-state index in [-0.39, 0.29) is 11.8 Å². The Bertz CT molecular complexity index is 1210. The Morgan fingerprint density at radius 3 is 2.57 bits per heavy atom. The summed E-state index contributed by atoms with van der Waals surface area (Å²) >= 11 is 10.1. The van der Waals surface area contributed by atoms with E-state index in [2.05, 4.69) is 20.6 Å². The van der Waals surface area contributed by atoms with Crippen molar-refractivity contribution in [3.8, 4) is 9.88 Å². The van der Waals surface area contributed by atoms with Crippen molar-refractivity contribution < 1.29 is 9.59 Å². The monoisotopic (exact) mass is 448 g/mol. The lowest BCUT2D eigenvalue weighted by atomic mass is 10.3. The molecule has 2 amide bonds. The van der Waals surface area contributed by atoms with Gasteiger partial charge in [-0.05, 0) is 37.3 Å². The summed E-state index contributed by atoms with van der Waals surface area (Å²) < 4.78 is 1.55. The number of halogens is 1. The number of anilines is 2. The first-order valence-electron chi connectivity index (χ1n) is 8.12. The number of amides is 2. The summed E-state index contributed by atoms with van der Waals surface area (Å²) in [7, 11) is 0. The van der Waals surface area contributed by atoms with E-state index in [0.29, 0.717) is 25.7 Å². The zero-order chi connectivity index (χ0) is 19.8. The molecule has 0 bridgehead atoms. The Morgan fingerprint density at radius 1 is 1.04 bits per heavy atom. The summed E-state index contributed by atoms with van der Waals surface area (Å²) in [4.78, 5) is 34.3. The number of hydrogen-bond acceptors (Lipinski definition) is 7. The summed E-state index contributed by atoms with van der Waals surface area (Å²) in [5, 5.41) is 6.85. The molecule has 0 aliphatic carbocycles. The van der Waals surface area contributed by atoms with Crippen LogP contribution < -0.4 is 10.6 Å². The fraction of sp³-hybridized carbons (Fsp3) is 0.111. The van der Waals surface area contributed by atoms with Crippen LogP contribution in [-0.4, -0.2) is 21.8 Å². The van der Waals surface area contributed by atoms with Crippen molar-refractivity contribution in [2.24, 2.45) is 0 Å². The molecule has 3 heterocycles. The van der Waals surface area contributed by atoms with Gasteiger partial charge in [0.2, 0.25) is 5.91 Å². The van der Waals surface area contributed by atoms with Gasteiger partial charge in [0.25, 0.3) is 5.91 Å². The van der Waals surface area contributed by atoms with Crippen molar-refractivity contribution in [2.75, 3.05) is 10.6 Å². The molecule has 0 atom stereocenters. The summed E-state index contributed by atoms with van der Waals surface area (Å²) in [6.07, 6.45) is 0. The van der Waals surface area contributed by atoms with Crippen LogP contribution in [0, 0.1) is 6.92 Å². The molecule has 142 valence electrons. The molecule has 0 aliphatic rings. The number of aromatic nitrogens is 2. The molecule has 6 nitrogen and oxygen atoms in total. The number of nitrogens with one attached hydrogen (secondary N) is 2. The van der Waals surface area contributed by atoms with Gasteiger partial charge in [-0.15, -0.1) is 22.7 Å². The minimum Gasteiger partial charge on any atom is -0.326 e. The number of carbonyl (C=O) groups excluding carboxylic acids is 2. The second-order valence-corrected chi connectivity index (χ2v) is 9.62. The molecule has 2 N–H and O–H groups in total. The number of aryl methyl sites for hydroxylation is 1. The van der Waals surface area contributed by atoms with Crippen molar-refractivity contribution in [3.63, 3.8) is 0 Å². The van der Waals surface area contributed by atoms with E-state index in [9.17, 15) is 9.59 Å². The van der Waals surface area contributed by atoms with Crippen LogP contribution in [0.4, 0.5) is 10.8 Å². The molecular weight excluding hydrogens is 436 g/mol. The van der Waals surface area contributed by atoms with Gasteiger partial charge in [0.05, 0.1) is 25.1 Å². The Kier molecular flexibility index (Phi) is 5.15. The summed E-state index contributed by atoms with van der Waals surface area (Å²) in [5.41, 5.74) is 2.11. The fourth-order valence-corrected chi connectivity index (χ4v) is 5.51. The van der Waals surface area contributed by atoms with Crippen molar-refractivity contribution in [2.45, 2.75) is 13.8 Å². The van der Waals surface area contributed by atoms with Crippen LogP contribution in [0.5, 0.6) is 0 Å². The van der Waals surface area contributed by atoms with Crippen molar-refractivity contribution in [1.29, 1.82) is 0 Å². The van der Waals surface area contributed by atoms with Gasteiger partial charge in [-0.1, -0.05) is 22.9 Å². The fourth-order valence-electron chi connectivity index (χ4n) is 2.55. The molecule has 4 aromatic rings. The number of fused-ring (bicyclic) bond motifs is 1. The van der Waals surface area contributed by atoms with Gasteiger partial charge in [-0.2, -0.15) is 0 Å². The minimum absolute atomic E-state index is 0.138. The van der Waals surface area contributed by atoms with Crippen molar-refractivity contribution >= 4 is 78.5 Å². The number of nitrogens with zero attached hydrogens (tertiary/aromatic N) is 2. The third kappa shape index (κ3) is 3.93. The molecule has 4 rings (SSSR count). The van der Waals surface area contributed by atoms with E-state index in [4.69, 9.17) is 11.6 Å². The van der Waals surface area contributed by atoms with Crippen LogP contribution in [0.3, 0.4) is 0 Å². The van der Waals surface area contributed by atoms with Gasteiger partial charge in [0, 0.05) is 12.6 Å². The van der Waals surface area contributed by atoms with Crippen molar-refractivity contribution in [3.05, 3.63) is 45.2 Å². The standard InChI is InChI=1S/C18H13ClN4O2S3/c1-8-15(28-17(20-8)12-5-6-14(19)26-12)16(25)23-18-22-11-4-3-10(21-9(2)24)7-13(11)27-18/h3-7H,1-2H3,(H,21,24)(H,22,23,25). The van der Waals surface area contributed by atoms with E-state index in [0.717, 1.165) is 20.1 Å². The van der Waals surface area contributed by atoms with Crippen LogP contribution >= 0.6 is 45.6 Å². The number of hydrogen-bond donors (Lipinski definition) is 2. The molecule has 0 radical (unpaired) electrons. The highest BCUT2D eigenvalue weighted by molar-refractivity contribution is 7.25. The highest BCUT2D eigenvalue weighted by Crippen LogP contribution is 2.35. The Labute approximate surface area is 177 Å². The Morgan fingerprint density at radius 2 is 1.86 bits per heavy atom. The molecule has 3 aromatic heterocycles. The highest BCUT2D eigenvalue weighted by Gasteiger charge is 2.18. The topological polar surface area (TPSA) is 84.0 Å². The van der Waals surface area contributed by atoms with Crippen LogP contribution in [0.2, 0.25) is 4.34 Å². The highest BCUT2D eigenvalue weighted by atomic mass is 35.5. The van der Waals surface area contributed by atoms with E-state index >= 15 is 0 Å². The molecule has 0 spiro atoms. The summed E-state index contributed by atoms with van der Waals surface area (Å²) in [6.45, 7) is 3.26. The number of benzene rings is 1. The SMILES string of the molecule is CC(=O)Nc1ccc2nc(NC(=O)c3sc(-c4ccc(Cl)s4)nc3C)sc2c1. The van der Waals surface area contributed by atoms with Gasteiger partial charge in [0.1, 0.15) is 9.88 Å². The molecule has 10 heteroatoms. The molecule has 0 aliphatic heterocycles. The zero-order valence-electron chi connectivity index (χ0n) is 14.7. The third-order valence-electron chi connectivity index (χ3n) is 3.72. The number of thiazole rings is 2. The molecule has 0 unspecified atom stereocenters. The minimum atomic E-state index is -0.245. The summed E-state index contributed by atoms with van der Waals surface area (Å²) in [5.74, 6) is -0.383. The van der Waals surface area contributed by atoms with Crippen LogP contribution in [0.15, 0.2) is 30.3 Å². The predicted octanol–water partition coefficient (Wildman–Crippen LogP) is 5.65. The van der Waals surface area contributed by atoms with Gasteiger partial charge in [0.15, 0.2) is 5.13 Å². The van der Waals surface area contributed by atoms with E-state index in [1.165, 1.54) is 40.9 Å². The first kappa shape index (κ1) is 19.0. The van der Waals surface area contributed by atoms with Gasteiger partial charge in [-0.25, -0.2) is 9.97 Å². The van der Waals surface area contributed by atoms with E-state index < -0.39 is 0 Å². The largest absolute Gasteiger partial charge is 0.326 e. The number of rotatable bonds is 4. The lowest BCUT2D eigenvalue weighted by Gasteiger charge is -1.99. The van der Waals surface area contributed by atoms with Crippen LogP contribution in [0.1, 0.15) is 22.3 Å². The Balaban J connectivity index is 1.56. The second-order valence-electron chi connectivity index (χ2n) is 5.87. The molecule has 28 heavy (non-hydrogen) atoms. The molecule has 0 saturated carbocycles. The molecular formula is C18H13ClN4O2S3. The molecule has 1 aromatic carbocycles. The third-order valence-corrected chi connectivity index (χ3v) is 7.21. The zero-order valence-corrected chi connectivity index (χ0v) is 17.9. The lowest BCUT2D eigenvalue weighted by Crippen LogP contribution is -2.11. The van der Waals surface area contributed by atoms with Gasteiger partial charge >= 0.3 is 0 Å². The number of carbonyl (C=O) groups is 2. The predicted molar refractivity (Wildman–Crippen MR) is 117 cm³/mol.